The van der Waals surface area contributed by atoms with Gasteiger partial charge in [-0.2, -0.15) is 5.10 Å². The van der Waals surface area contributed by atoms with Crippen molar-refractivity contribution in [3.8, 4) is 11.5 Å². The van der Waals surface area contributed by atoms with E-state index in [0.717, 1.165) is 5.56 Å². The third-order valence-corrected chi connectivity index (χ3v) is 5.23. The van der Waals surface area contributed by atoms with Crippen LogP contribution in [0.4, 0.5) is 4.39 Å². The number of methoxy groups -OCH3 is 1. The Morgan fingerprint density at radius 2 is 1.82 bits per heavy atom. The van der Waals surface area contributed by atoms with Gasteiger partial charge in [0.2, 0.25) is 5.91 Å². The SMILES string of the molecule is COc1cc(C=NNC(=O)CCNC(=O)c2ccccc2F)cc(Br)c1OCc1ccccc1. The Morgan fingerprint density at radius 3 is 2.56 bits per heavy atom. The summed E-state index contributed by atoms with van der Waals surface area (Å²) in [5, 5.41) is 6.44. The van der Waals surface area contributed by atoms with E-state index in [1.807, 2.05) is 30.3 Å². The Kier molecular flexibility index (Phi) is 9.16. The third kappa shape index (κ3) is 7.14. The lowest BCUT2D eigenvalue weighted by molar-refractivity contribution is -0.120. The summed E-state index contributed by atoms with van der Waals surface area (Å²) < 4.78 is 25.6. The van der Waals surface area contributed by atoms with Crippen LogP contribution < -0.4 is 20.2 Å². The minimum Gasteiger partial charge on any atom is -0.493 e. The van der Waals surface area contributed by atoms with Gasteiger partial charge in [0.1, 0.15) is 12.4 Å². The number of nitrogens with zero attached hydrogens (tertiary/aromatic N) is 1. The van der Waals surface area contributed by atoms with E-state index in [1.54, 1.807) is 18.2 Å². The summed E-state index contributed by atoms with van der Waals surface area (Å²) in [6, 6.07) is 18.9. The molecule has 34 heavy (non-hydrogen) atoms. The molecule has 0 aromatic heterocycles. The van der Waals surface area contributed by atoms with Crippen molar-refractivity contribution in [3.63, 3.8) is 0 Å². The molecule has 0 bridgehead atoms. The molecule has 0 spiro atoms. The van der Waals surface area contributed by atoms with Crippen molar-refractivity contribution >= 4 is 34.0 Å². The van der Waals surface area contributed by atoms with Gasteiger partial charge in [0.25, 0.3) is 5.91 Å². The van der Waals surface area contributed by atoms with E-state index in [2.05, 4.69) is 31.8 Å². The zero-order valence-electron chi connectivity index (χ0n) is 18.4. The van der Waals surface area contributed by atoms with Gasteiger partial charge in [0.05, 0.1) is 23.4 Å². The van der Waals surface area contributed by atoms with Gasteiger partial charge in [-0.25, -0.2) is 9.82 Å². The maximum absolute atomic E-state index is 13.6. The molecule has 0 aliphatic carbocycles. The Morgan fingerprint density at radius 1 is 1.09 bits per heavy atom. The molecule has 0 saturated carbocycles. The summed E-state index contributed by atoms with van der Waals surface area (Å²) in [6.45, 7) is 0.425. The van der Waals surface area contributed by atoms with Crippen LogP contribution in [0.5, 0.6) is 11.5 Å². The van der Waals surface area contributed by atoms with E-state index < -0.39 is 17.6 Å². The number of carbonyl (C=O) groups excluding carboxylic acids is 2. The molecule has 0 heterocycles. The number of halogens is 2. The van der Waals surface area contributed by atoms with Crippen molar-refractivity contribution in [1.29, 1.82) is 0 Å². The Bertz CT molecular complexity index is 1170. The third-order valence-electron chi connectivity index (χ3n) is 4.64. The van der Waals surface area contributed by atoms with Crippen LogP contribution in [0.3, 0.4) is 0 Å². The van der Waals surface area contributed by atoms with Crippen LogP contribution in [0, 0.1) is 5.82 Å². The van der Waals surface area contributed by atoms with Crippen LogP contribution in [0.2, 0.25) is 0 Å². The summed E-state index contributed by atoms with van der Waals surface area (Å²) in [4.78, 5) is 23.9. The van der Waals surface area contributed by atoms with Crippen LogP contribution in [0.1, 0.15) is 27.9 Å². The molecule has 7 nitrogen and oxygen atoms in total. The molecule has 0 atom stereocenters. The predicted molar refractivity (Wildman–Crippen MR) is 131 cm³/mol. The summed E-state index contributed by atoms with van der Waals surface area (Å²) >= 11 is 3.48. The lowest BCUT2D eigenvalue weighted by Gasteiger charge is -2.13. The minimum atomic E-state index is -0.618. The Hall–Kier alpha value is -3.72. The molecule has 0 radical (unpaired) electrons. The first-order valence-corrected chi connectivity index (χ1v) is 11.2. The molecule has 0 unspecified atom stereocenters. The van der Waals surface area contributed by atoms with E-state index in [0.29, 0.717) is 28.1 Å². The van der Waals surface area contributed by atoms with Gasteiger partial charge in [-0.3, -0.25) is 9.59 Å². The fourth-order valence-electron chi connectivity index (χ4n) is 2.95. The first kappa shape index (κ1) is 24.9. The number of amides is 2. The number of carbonyl (C=O) groups is 2. The first-order chi connectivity index (χ1) is 16.5. The quantitative estimate of drug-likeness (QED) is 0.301. The molecule has 9 heteroatoms. The molecule has 2 N–H and O–H groups in total. The second kappa shape index (κ2) is 12.5. The number of hydrogen-bond acceptors (Lipinski definition) is 5. The smallest absolute Gasteiger partial charge is 0.254 e. The predicted octanol–water partition coefficient (Wildman–Crippen LogP) is 4.45. The summed E-state index contributed by atoms with van der Waals surface area (Å²) in [5.41, 5.74) is 4.01. The number of benzene rings is 3. The van der Waals surface area contributed by atoms with Gasteiger partial charge in [-0.15, -0.1) is 0 Å². The molecular formula is C25H23BrFN3O4. The average molecular weight is 528 g/mol. The lowest BCUT2D eigenvalue weighted by Crippen LogP contribution is -2.29. The first-order valence-electron chi connectivity index (χ1n) is 10.4. The van der Waals surface area contributed by atoms with Gasteiger partial charge < -0.3 is 14.8 Å². The topological polar surface area (TPSA) is 89.0 Å². The summed E-state index contributed by atoms with van der Waals surface area (Å²) in [6.07, 6.45) is 1.45. The van der Waals surface area contributed by atoms with Crippen molar-refractivity contribution in [2.75, 3.05) is 13.7 Å². The zero-order chi connectivity index (χ0) is 24.3. The summed E-state index contributed by atoms with van der Waals surface area (Å²) in [5.74, 6) is -0.543. The van der Waals surface area contributed by atoms with Crippen molar-refractivity contribution in [1.82, 2.24) is 10.7 Å². The minimum absolute atomic E-state index is 0.0171. The number of hydrazone groups is 1. The standard InChI is InChI=1S/C25H23BrFN3O4/c1-33-22-14-18(13-20(26)24(22)34-16-17-7-3-2-4-8-17)15-29-30-23(31)11-12-28-25(32)19-9-5-6-10-21(19)27/h2-10,13-15H,11-12,16H2,1H3,(H,28,32)(H,30,31). The van der Waals surface area contributed by atoms with Gasteiger partial charge >= 0.3 is 0 Å². The molecule has 2 amide bonds. The number of nitrogens with one attached hydrogen (secondary N) is 2. The molecule has 0 saturated heterocycles. The molecule has 0 aliphatic rings. The largest absolute Gasteiger partial charge is 0.493 e. The molecule has 0 fully saturated rings. The molecule has 3 aromatic rings. The van der Waals surface area contributed by atoms with Crippen molar-refractivity contribution in [2.24, 2.45) is 5.10 Å². The maximum Gasteiger partial charge on any atom is 0.254 e. The molecule has 176 valence electrons. The van der Waals surface area contributed by atoms with Crippen LogP contribution in [0.15, 0.2) is 76.3 Å². The number of hydrogen-bond donors (Lipinski definition) is 2. The lowest BCUT2D eigenvalue weighted by atomic mass is 10.2. The molecule has 3 aromatic carbocycles. The maximum atomic E-state index is 13.6. The van der Waals surface area contributed by atoms with E-state index in [9.17, 15) is 14.0 Å². The van der Waals surface area contributed by atoms with Crippen LogP contribution >= 0.6 is 15.9 Å². The van der Waals surface area contributed by atoms with E-state index in [-0.39, 0.29) is 18.5 Å². The van der Waals surface area contributed by atoms with Gasteiger partial charge in [0.15, 0.2) is 11.5 Å². The second-order valence-corrected chi connectivity index (χ2v) is 7.94. The molecule has 3 rings (SSSR count). The highest BCUT2D eigenvalue weighted by Gasteiger charge is 2.12. The monoisotopic (exact) mass is 527 g/mol. The molecular weight excluding hydrogens is 505 g/mol. The highest BCUT2D eigenvalue weighted by molar-refractivity contribution is 9.10. The van der Waals surface area contributed by atoms with E-state index in [4.69, 9.17) is 9.47 Å². The van der Waals surface area contributed by atoms with E-state index in [1.165, 1.54) is 31.5 Å². The highest BCUT2D eigenvalue weighted by atomic mass is 79.9. The summed E-state index contributed by atoms with van der Waals surface area (Å²) in [7, 11) is 1.54. The fourth-order valence-corrected chi connectivity index (χ4v) is 3.52. The highest BCUT2D eigenvalue weighted by Crippen LogP contribution is 2.36. The van der Waals surface area contributed by atoms with Gasteiger partial charge in [-0.1, -0.05) is 42.5 Å². The van der Waals surface area contributed by atoms with Crippen molar-refractivity contribution < 1.29 is 23.5 Å². The van der Waals surface area contributed by atoms with Crippen molar-refractivity contribution in [3.05, 3.63) is 93.7 Å². The van der Waals surface area contributed by atoms with Crippen LogP contribution in [-0.4, -0.2) is 31.7 Å². The normalized spacial score (nSPS) is 10.7. The molecule has 0 aliphatic heterocycles. The van der Waals surface area contributed by atoms with Gasteiger partial charge in [0, 0.05) is 13.0 Å². The van der Waals surface area contributed by atoms with Crippen LogP contribution in [-0.2, 0) is 11.4 Å². The van der Waals surface area contributed by atoms with E-state index >= 15 is 0 Å². The number of ether oxygens (including phenoxy) is 2. The van der Waals surface area contributed by atoms with Gasteiger partial charge in [-0.05, 0) is 51.3 Å². The zero-order valence-corrected chi connectivity index (χ0v) is 20.0. The Balaban J connectivity index is 1.50. The van der Waals surface area contributed by atoms with Crippen LogP contribution in [0.25, 0.3) is 0 Å². The number of rotatable bonds is 10. The fraction of sp³-hybridized carbons (Fsp3) is 0.160. The average Bonchev–Trinajstić information content (AvgIpc) is 2.84. The Labute approximate surface area is 205 Å². The second-order valence-electron chi connectivity index (χ2n) is 7.09. The van der Waals surface area contributed by atoms with Crippen molar-refractivity contribution in [2.45, 2.75) is 13.0 Å².